The van der Waals surface area contributed by atoms with Gasteiger partial charge in [-0.2, -0.15) is 0 Å². The van der Waals surface area contributed by atoms with E-state index in [0.717, 1.165) is 41.7 Å². The SMILES string of the molecule is C=C[C@H]1C[N@]2CC[C@H]1C[C@H]2[C@H](O)c1ccnc2ccc(OC)cc12.O.O. The first-order valence-corrected chi connectivity index (χ1v) is 8.68. The molecule has 3 fully saturated rings. The molecular formula is C20H28N2O4. The zero-order valence-electron chi connectivity index (χ0n) is 15.1. The molecule has 2 aromatic rings. The van der Waals surface area contributed by atoms with Crippen LogP contribution >= 0.6 is 0 Å². The van der Waals surface area contributed by atoms with Gasteiger partial charge < -0.3 is 20.8 Å². The number of pyridine rings is 1. The number of aliphatic hydroxyl groups is 1. The first-order valence-electron chi connectivity index (χ1n) is 8.68. The number of methoxy groups -OCH3 is 1. The molecule has 3 saturated heterocycles. The molecule has 26 heavy (non-hydrogen) atoms. The number of rotatable bonds is 4. The summed E-state index contributed by atoms with van der Waals surface area (Å²) < 4.78 is 5.35. The van der Waals surface area contributed by atoms with Crippen molar-refractivity contribution >= 4 is 10.9 Å². The highest BCUT2D eigenvalue weighted by Crippen LogP contribution is 2.42. The van der Waals surface area contributed by atoms with E-state index in [1.54, 1.807) is 13.3 Å². The van der Waals surface area contributed by atoms with Crippen molar-refractivity contribution in [2.24, 2.45) is 11.8 Å². The molecule has 5 atom stereocenters. The Hall–Kier alpha value is -1.99. The van der Waals surface area contributed by atoms with Gasteiger partial charge in [-0.05, 0) is 61.1 Å². The minimum atomic E-state index is -0.504. The molecule has 0 unspecified atom stereocenters. The molecule has 0 aliphatic carbocycles. The van der Waals surface area contributed by atoms with Crippen molar-refractivity contribution < 1.29 is 20.8 Å². The normalized spacial score (nSPS) is 27.9. The summed E-state index contributed by atoms with van der Waals surface area (Å²) in [6.07, 6.45) is 5.62. The summed E-state index contributed by atoms with van der Waals surface area (Å²) in [5, 5.41) is 12.1. The van der Waals surface area contributed by atoms with E-state index in [0.29, 0.717) is 11.8 Å². The van der Waals surface area contributed by atoms with Gasteiger partial charge in [-0.3, -0.25) is 9.88 Å². The molecule has 0 spiro atoms. The summed E-state index contributed by atoms with van der Waals surface area (Å²) in [6.45, 7) is 6.07. The van der Waals surface area contributed by atoms with Gasteiger partial charge in [0, 0.05) is 24.2 Å². The maximum atomic E-state index is 11.2. The third-order valence-electron chi connectivity index (χ3n) is 5.82. The molecule has 4 heterocycles. The second kappa shape index (κ2) is 8.14. The third kappa shape index (κ3) is 3.33. The van der Waals surface area contributed by atoms with Gasteiger partial charge in [-0.1, -0.05) is 6.08 Å². The third-order valence-corrected chi connectivity index (χ3v) is 5.82. The van der Waals surface area contributed by atoms with Crippen molar-refractivity contribution in [2.75, 3.05) is 20.2 Å². The maximum Gasteiger partial charge on any atom is 0.119 e. The molecule has 5 N–H and O–H groups in total. The van der Waals surface area contributed by atoms with Crippen molar-refractivity contribution in [3.63, 3.8) is 0 Å². The number of nitrogens with zero attached hydrogens (tertiary/aromatic N) is 2. The van der Waals surface area contributed by atoms with Crippen molar-refractivity contribution in [3.8, 4) is 5.75 Å². The first kappa shape index (κ1) is 20.3. The van der Waals surface area contributed by atoms with Crippen LogP contribution in [0.4, 0.5) is 0 Å². The molecule has 6 heteroatoms. The number of fused-ring (bicyclic) bond motifs is 4. The van der Waals surface area contributed by atoms with E-state index >= 15 is 0 Å². The average Bonchev–Trinajstić information content (AvgIpc) is 2.66. The summed E-state index contributed by atoms with van der Waals surface area (Å²) >= 11 is 0. The summed E-state index contributed by atoms with van der Waals surface area (Å²) in [5.74, 6) is 2.01. The Balaban J connectivity index is 0.00000121. The molecule has 1 aromatic carbocycles. The lowest BCUT2D eigenvalue weighted by molar-refractivity contribution is -0.0444. The van der Waals surface area contributed by atoms with Crippen LogP contribution < -0.4 is 4.74 Å². The van der Waals surface area contributed by atoms with Gasteiger partial charge in [0.15, 0.2) is 0 Å². The Kier molecular flexibility index (Phi) is 6.36. The van der Waals surface area contributed by atoms with Gasteiger partial charge in [-0.25, -0.2) is 0 Å². The van der Waals surface area contributed by atoms with Crippen LogP contribution in [0.25, 0.3) is 10.9 Å². The zero-order chi connectivity index (χ0) is 16.7. The molecule has 0 radical (unpaired) electrons. The van der Waals surface area contributed by atoms with Crippen LogP contribution in [0.15, 0.2) is 43.1 Å². The minimum absolute atomic E-state index is 0. The lowest BCUT2D eigenvalue weighted by Gasteiger charge is -2.50. The monoisotopic (exact) mass is 360 g/mol. The van der Waals surface area contributed by atoms with Crippen molar-refractivity contribution in [2.45, 2.75) is 25.0 Å². The van der Waals surface area contributed by atoms with E-state index in [1.807, 2.05) is 24.3 Å². The van der Waals surface area contributed by atoms with E-state index in [4.69, 9.17) is 4.74 Å². The fourth-order valence-electron chi connectivity index (χ4n) is 4.44. The summed E-state index contributed by atoms with van der Waals surface area (Å²) in [4.78, 5) is 6.86. The van der Waals surface area contributed by atoms with Crippen LogP contribution in [-0.4, -0.2) is 52.2 Å². The largest absolute Gasteiger partial charge is 0.497 e. The Bertz CT molecular complexity index is 767. The van der Waals surface area contributed by atoms with E-state index < -0.39 is 6.10 Å². The van der Waals surface area contributed by atoms with Crippen molar-refractivity contribution in [3.05, 3.63) is 48.7 Å². The van der Waals surface area contributed by atoms with E-state index in [1.165, 1.54) is 6.42 Å². The Morgan fingerprint density at radius 2 is 2.15 bits per heavy atom. The summed E-state index contributed by atoms with van der Waals surface area (Å²) in [6, 6.07) is 7.96. The highest BCUT2D eigenvalue weighted by Gasteiger charge is 2.42. The van der Waals surface area contributed by atoms with Crippen LogP contribution in [-0.2, 0) is 0 Å². The number of benzene rings is 1. The van der Waals surface area contributed by atoms with Crippen LogP contribution in [0.3, 0.4) is 0 Å². The van der Waals surface area contributed by atoms with Gasteiger partial charge in [0.2, 0.25) is 0 Å². The molecular weight excluding hydrogens is 332 g/mol. The fourth-order valence-corrected chi connectivity index (χ4v) is 4.44. The molecule has 5 rings (SSSR count). The summed E-state index contributed by atoms with van der Waals surface area (Å²) in [5.41, 5.74) is 1.85. The van der Waals surface area contributed by atoms with Gasteiger partial charge in [-0.15, -0.1) is 6.58 Å². The van der Waals surface area contributed by atoms with E-state index in [-0.39, 0.29) is 17.0 Å². The quantitative estimate of drug-likeness (QED) is 0.834. The standard InChI is InChI=1S/C20H24N2O2.2H2O/c1-3-13-12-22-9-7-14(13)10-19(22)20(23)16-6-8-21-18-5-4-15(24-2)11-17(16)18;;/h3-6,8,11,13-14,19-20,23H,1,7,9-10,12H2,2H3;2*1H2/t13-,14-,19-,20+;;/m0../s1. The Morgan fingerprint density at radius 1 is 1.35 bits per heavy atom. The number of hydrogen-bond donors (Lipinski definition) is 1. The number of aromatic nitrogens is 1. The number of aliphatic hydroxyl groups excluding tert-OH is 1. The van der Waals surface area contributed by atoms with Gasteiger partial charge in [0.05, 0.1) is 18.7 Å². The van der Waals surface area contributed by atoms with E-state index in [9.17, 15) is 5.11 Å². The minimum Gasteiger partial charge on any atom is -0.497 e. The lowest BCUT2D eigenvalue weighted by atomic mass is 9.73. The zero-order valence-corrected chi connectivity index (χ0v) is 15.1. The summed E-state index contributed by atoms with van der Waals surface area (Å²) in [7, 11) is 1.66. The first-order chi connectivity index (χ1) is 11.7. The maximum absolute atomic E-state index is 11.2. The second-order valence-electron chi connectivity index (χ2n) is 6.97. The van der Waals surface area contributed by atoms with Crippen molar-refractivity contribution in [1.82, 2.24) is 9.88 Å². The van der Waals surface area contributed by atoms with Crippen LogP contribution in [0.2, 0.25) is 0 Å². The molecule has 1 aromatic heterocycles. The molecule has 2 bridgehead atoms. The number of ether oxygens (including phenoxy) is 1. The molecule has 3 aliphatic heterocycles. The molecule has 0 amide bonds. The smallest absolute Gasteiger partial charge is 0.119 e. The lowest BCUT2D eigenvalue weighted by Crippen LogP contribution is -2.54. The van der Waals surface area contributed by atoms with Gasteiger partial charge >= 0.3 is 0 Å². The average molecular weight is 360 g/mol. The highest BCUT2D eigenvalue weighted by atomic mass is 16.5. The highest BCUT2D eigenvalue weighted by molar-refractivity contribution is 5.83. The number of hydrogen-bond acceptors (Lipinski definition) is 4. The molecule has 0 saturated carbocycles. The molecule has 142 valence electrons. The van der Waals surface area contributed by atoms with Gasteiger partial charge in [0.1, 0.15) is 5.75 Å². The van der Waals surface area contributed by atoms with Crippen LogP contribution in [0, 0.1) is 11.8 Å². The number of piperidine rings is 3. The topological polar surface area (TPSA) is 109 Å². The predicted molar refractivity (Wildman–Crippen MR) is 102 cm³/mol. The Labute approximate surface area is 153 Å². The van der Waals surface area contributed by atoms with Crippen LogP contribution in [0.5, 0.6) is 5.75 Å². The van der Waals surface area contributed by atoms with Crippen molar-refractivity contribution in [1.29, 1.82) is 0 Å². The second-order valence-corrected chi connectivity index (χ2v) is 6.97. The molecule has 6 nitrogen and oxygen atoms in total. The molecule has 3 aliphatic rings. The van der Waals surface area contributed by atoms with Crippen LogP contribution in [0.1, 0.15) is 24.5 Å². The Morgan fingerprint density at radius 3 is 2.81 bits per heavy atom. The fraction of sp³-hybridized carbons (Fsp3) is 0.450. The predicted octanol–water partition coefficient (Wildman–Crippen LogP) is 1.52. The van der Waals surface area contributed by atoms with E-state index in [2.05, 4.69) is 22.5 Å². The van der Waals surface area contributed by atoms with Gasteiger partial charge in [0.25, 0.3) is 0 Å².